The summed E-state index contributed by atoms with van der Waals surface area (Å²) in [6.07, 6.45) is 9.12. The van der Waals surface area contributed by atoms with Crippen molar-refractivity contribution in [1.82, 2.24) is 4.90 Å². The van der Waals surface area contributed by atoms with Crippen LogP contribution in [0.5, 0.6) is 0 Å². The maximum atomic E-state index is 10.7. The van der Waals surface area contributed by atoms with E-state index in [1.54, 1.807) is 11.1 Å². The lowest BCUT2D eigenvalue weighted by atomic mass is 10.4. The molecule has 0 spiro atoms. The Hall–Kier alpha value is -2.02. The predicted octanol–water partition coefficient (Wildman–Crippen LogP) is 1.10. The quantitative estimate of drug-likeness (QED) is 0.407. The van der Waals surface area contributed by atoms with E-state index < -0.39 is 5.97 Å². The molecule has 1 aliphatic heterocycles. The molecule has 0 bridgehead atoms. The molecular formula is C12H15NO3. The Bertz CT molecular complexity index is 315. The van der Waals surface area contributed by atoms with Crippen molar-refractivity contribution in [2.75, 3.05) is 13.2 Å². The average molecular weight is 221 g/mol. The molecule has 1 fully saturated rings. The molecule has 0 atom stereocenters. The highest BCUT2D eigenvalue weighted by Gasteiger charge is 2.15. The second-order valence-corrected chi connectivity index (χ2v) is 2.89. The van der Waals surface area contributed by atoms with Gasteiger partial charge >= 0.3 is 5.97 Å². The van der Waals surface area contributed by atoms with Crippen LogP contribution in [0.1, 0.15) is 12.8 Å². The number of esters is 1. The van der Waals surface area contributed by atoms with Gasteiger partial charge in [-0.1, -0.05) is 19.1 Å². The zero-order valence-corrected chi connectivity index (χ0v) is 9.15. The molecule has 0 N–H and O–H groups in total. The van der Waals surface area contributed by atoms with Crippen LogP contribution >= 0.6 is 0 Å². The lowest BCUT2D eigenvalue weighted by Gasteiger charge is -2.05. The van der Waals surface area contributed by atoms with Gasteiger partial charge in [0.05, 0.1) is 0 Å². The van der Waals surface area contributed by atoms with Crippen molar-refractivity contribution in [2.45, 2.75) is 12.8 Å². The third-order valence-electron chi connectivity index (χ3n) is 1.79. The minimum absolute atomic E-state index is 0.0187. The molecule has 0 aromatic carbocycles. The second-order valence-electron chi connectivity index (χ2n) is 2.89. The van der Waals surface area contributed by atoms with E-state index >= 15 is 0 Å². The summed E-state index contributed by atoms with van der Waals surface area (Å²) in [5.41, 5.74) is 0. The van der Waals surface area contributed by atoms with Crippen LogP contribution in [0.15, 0.2) is 25.4 Å². The number of hydrogen-bond donors (Lipinski definition) is 0. The molecule has 0 aromatic heterocycles. The first-order valence-electron chi connectivity index (χ1n) is 4.80. The Labute approximate surface area is 95.6 Å². The molecule has 4 heteroatoms. The summed E-state index contributed by atoms with van der Waals surface area (Å²) in [6.45, 7) is 7.55. The number of nitrogens with zero attached hydrogens (tertiary/aromatic N) is 1. The molecule has 4 nitrogen and oxygen atoms in total. The largest absolute Gasteiger partial charge is 0.449 e. The highest BCUT2D eigenvalue weighted by Crippen LogP contribution is 2.08. The van der Waals surface area contributed by atoms with Gasteiger partial charge in [0.25, 0.3) is 0 Å². The van der Waals surface area contributed by atoms with Crippen LogP contribution < -0.4 is 0 Å². The van der Waals surface area contributed by atoms with Gasteiger partial charge in [0.1, 0.15) is 0 Å². The Morgan fingerprint density at radius 1 is 1.62 bits per heavy atom. The van der Waals surface area contributed by atoms with E-state index in [4.69, 9.17) is 6.42 Å². The van der Waals surface area contributed by atoms with E-state index in [0.29, 0.717) is 6.42 Å². The molecule has 1 saturated heterocycles. The lowest BCUT2D eigenvalue weighted by Crippen LogP contribution is -2.16. The summed E-state index contributed by atoms with van der Waals surface area (Å²) >= 11 is 0. The minimum Gasteiger partial charge on any atom is -0.449 e. The molecule has 0 aliphatic carbocycles. The Kier molecular flexibility index (Phi) is 7.25. The standard InChI is InChI=1S/C6H9NO.C6H6O2/c1-2-7-5-3-4-6(7)8;1-3-5-8-6(7)4-2/h2H,1,3-5H2;1,4H,2,5H2. The van der Waals surface area contributed by atoms with Crippen LogP contribution in [-0.2, 0) is 14.3 Å². The fourth-order valence-electron chi connectivity index (χ4n) is 1.03. The van der Waals surface area contributed by atoms with Crippen molar-refractivity contribution < 1.29 is 14.3 Å². The van der Waals surface area contributed by atoms with Crippen molar-refractivity contribution in [2.24, 2.45) is 0 Å². The van der Waals surface area contributed by atoms with E-state index in [2.05, 4.69) is 23.8 Å². The number of carbonyl (C=O) groups is 2. The molecule has 0 aromatic rings. The summed E-state index contributed by atoms with van der Waals surface area (Å²) < 4.78 is 4.35. The number of carbonyl (C=O) groups excluding carboxylic acids is 2. The van der Waals surface area contributed by atoms with Crippen molar-refractivity contribution in [3.8, 4) is 12.3 Å². The van der Waals surface area contributed by atoms with Crippen LogP contribution in [0.2, 0.25) is 0 Å². The first-order chi connectivity index (χ1) is 7.65. The third kappa shape index (κ3) is 5.66. The SMILES string of the molecule is C#CCOC(=O)C=C.C=CN1CCCC1=O. The Morgan fingerprint density at radius 3 is 2.62 bits per heavy atom. The van der Waals surface area contributed by atoms with Crippen LogP contribution in [-0.4, -0.2) is 29.9 Å². The van der Waals surface area contributed by atoms with E-state index in [0.717, 1.165) is 19.0 Å². The molecule has 1 aliphatic rings. The van der Waals surface area contributed by atoms with Crippen molar-refractivity contribution in [1.29, 1.82) is 0 Å². The third-order valence-corrected chi connectivity index (χ3v) is 1.79. The van der Waals surface area contributed by atoms with E-state index in [9.17, 15) is 9.59 Å². The van der Waals surface area contributed by atoms with Gasteiger partial charge in [0.15, 0.2) is 6.61 Å². The smallest absolute Gasteiger partial charge is 0.331 e. The Morgan fingerprint density at radius 2 is 2.31 bits per heavy atom. The van der Waals surface area contributed by atoms with Gasteiger partial charge in [0.2, 0.25) is 5.91 Å². The summed E-state index contributed by atoms with van der Waals surface area (Å²) in [5.74, 6) is 1.87. The van der Waals surface area contributed by atoms with E-state index in [1.807, 2.05) is 0 Å². The normalized spacial score (nSPS) is 13.2. The zero-order chi connectivity index (χ0) is 12.4. The first kappa shape index (κ1) is 14.0. The van der Waals surface area contributed by atoms with Crippen LogP contribution in [0.4, 0.5) is 0 Å². The van der Waals surface area contributed by atoms with Gasteiger partial charge in [-0.3, -0.25) is 4.79 Å². The van der Waals surface area contributed by atoms with E-state index in [1.165, 1.54) is 0 Å². The topological polar surface area (TPSA) is 46.6 Å². The summed E-state index contributed by atoms with van der Waals surface area (Å²) in [6, 6.07) is 0. The molecule has 1 rings (SSSR count). The van der Waals surface area contributed by atoms with Gasteiger partial charge in [-0.25, -0.2) is 4.79 Å². The molecule has 86 valence electrons. The van der Waals surface area contributed by atoms with Crippen LogP contribution in [0, 0.1) is 12.3 Å². The van der Waals surface area contributed by atoms with Gasteiger partial charge in [0, 0.05) is 19.0 Å². The van der Waals surface area contributed by atoms with Gasteiger partial charge < -0.3 is 9.64 Å². The summed E-state index contributed by atoms with van der Waals surface area (Å²) in [5, 5.41) is 0. The molecule has 1 heterocycles. The molecular weight excluding hydrogens is 206 g/mol. The number of hydrogen-bond acceptors (Lipinski definition) is 3. The summed E-state index contributed by atoms with van der Waals surface area (Å²) in [7, 11) is 0. The number of ether oxygens (including phenoxy) is 1. The van der Waals surface area contributed by atoms with Gasteiger partial charge in [-0.2, -0.15) is 0 Å². The highest BCUT2D eigenvalue weighted by atomic mass is 16.5. The van der Waals surface area contributed by atoms with E-state index in [-0.39, 0.29) is 12.5 Å². The fourth-order valence-corrected chi connectivity index (χ4v) is 1.03. The number of likely N-dealkylation sites (tertiary alicyclic amines) is 1. The van der Waals surface area contributed by atoms with Crippen molar-refractivity contribution in [3.63, 3.8) is 0 Å². The number of amides is 1. The minimum atomic E-state index is -0.483. The first-order valence-corrected chi connectivity index (χ1v) is 4.80. The lowest BCUT2D eigenvalue weighted by molar-refractivity contribution is -0.136. The molecule has 0 saturated carbocycles. The van der Waals surface area contributed by atoms with Crippen LogP contribution in [0.25, 0.3) is 0 Å². The highest BCUT2D eigenvalue weighted by molar-refractivity contribution is 5.81. The monoisotopic (exact) mass is 221 g/mol. The number of terminal acetylenes is 1. The Balaban J connectivity index is 0.000000281. The zero-order valence-electron chi connectivity index (χ0n) is 9.15. The molecule has 0 radical (unpaired) electrons. The fraction of sp³-hybridized carbons (Fsp3) is 0.333. The molecule has 1 amide bonds. The number of rotatable bonds is 3. The average Bonchev–Trinajstić information content (AvgIpc) is 2.72. The maximum Gasteiger partial charge on any atom is 0.331 e. The maximum absolute atomic E-state index is 10.7. The molecule has 16 heavy (non-hydrogen) atoms. The second kappa shape index (κ2) is 8.30. The molecule has 0 unspecified atom stereocenters. The van der Waals surface area contributed by atoms with Gasteiger partial charge in [-0.15, -0.1) is 6.42 Å². The van der Waals surface area contributed by atoms with Crippen LogP contribution in [0.3, 0.4) is 0 Å². The predicted molar refractivity (Wildman–Crippen MR) is 61.1 cm³/mol. The van der Waals surface area contributed by atoms with Crippen molar-refractivity contribution in [3.05, 3.63) is 25.4 Å². The van der Waals surface area contributed by atoms with Crippen molar-refractivity contribution >= 4 is 11.9 Å². The summed E-state index contributed by atoms with van der Waals surface area (Å²) in [4.78, 5) is 22.4. The van der Waals surface area contributed by atoms with Gasteiger partial charge in [-0.05, 0) is 12.6 Å².